The number of nitrogens with two attached hydrogens (primary N) is 1. The summed E-state index contributed by atoms with van der Waals surface area (Å²) in [5, 5.41) is 2.67. The van der Waals surface area contributed by atoms with Crippen LogP contribution >= 0.6 is 11.3 Å². The van der Waals surface area contributed by atoms with Gasteiger partial charge in [-0.25, -0.2) is 9.78 Å². The molecule has 0 aromatic carbocycles. The normalized spacial score (nSPS) is 13.2. The summed E-state index contributed by atoms with van der Waals surface area (Å²) in [7, 11) is 0. The van der Waals surface area contributed by atoms with Gasteiger partial charge in [-0.1, -0.05) is 0 Å². The van der Waals surface area contributed by atoms with Gasteiger partial charge >= 0.3 is 6.09 Å². The van der Waals surface area contributed by atoms with Crippen LogP contribution in [0.25, 0.3) is 0 Å². The fourth-order valence-electron chi connectivity index (χ4n) is 1.36. The highest BCUT2D eigenvalue weighted by Gasteiger charge is 2.17. The van der Waals surface area contributed by atoms with Crippen LogP contribution in [0.3, 0.4) is 0 Å². The molecule has 6 heteroatoms. The minimum Gasteiger partial charge on any atom is -0.444 e. The van der Waals surface area contributed by atoms with Crippen molar-refractivity contribution in [3.63, 3.8) is 0 Å². The van der Waals surface area contributed by atoms with Crippen molar-refractivity contribution in [1.29, 1.82) is 0 Å². The first-order valence-electron chi connectivity index (χ1n) is 5.89. The Kier molecular flexibility index (Phi) is 5.10. The van der Waals surface area contributed by atoms with Crippen LogP contribution in [0.2, 0.25) is 0 Å². The summed E-state index contributed by atoms with van der Waals surface area (Å²) in [5.74, 6) is 0. The summed E-state index contributed by atoms with van der Waals surface area (Å²) in [6, 6.07) is -0.128. The summed E-state index contributed by atoms with van der Waals surface area (Å²) in [6.45, 7) is 7.83. The molecule has 102 valence electrons. The Bertz CT molecular complexity index is 398. The predicted molar refractivity (Wildman–Crippen MR) is 72.8 cm³/mol. The Morgan fingerprint density at radius 3 is 2.78 bits per heavy atom. The monoisotopic (exact) mass is 271 g/mol. The molecule has 1 unspecified atom stereocenters. The average Bonchev–Trinajstić information content (AvgIpc) is 2.59. The molecule has 1 heterocycles. The van der Waals surface area contributed by atoms with E-state index in [-0.39, 0.29) is 6.04 Å². The first-order valence-corrected chi connectivity index (χ1v) is 6.77. The van der Waals surface area contributed by atoms with E-state index in [0.29, 0.717) is 13.0 Å². The molecule has 3 N–H and O–H groups in total. The quantitative estimate of drug-likeness (QED) is 0.876. The number of hydrogen-bond donors (Lipinski definition) is 2. The van der Waals surface area contributed by atoms with Crippen LogP contribution in [0.4, 0.5) is 4.79 Å². The number of aromatic nitrogens is 1. The number of nitrogens with zero attached hydrogens (tertiary/aromatic N) is 1. The zero-order chi connectivity index (χ0) is 13.8. The standard InChI is InChI=1S/C12H21N3O2S/c1-8-10(18-7-15-8)5-9(13)6-14-11(16)17-12(2,3)4/h7,9H,5-6,13H2,1-4H3,(H,14,16). The van der Waals surface area contributed by atoms with Gasteiger partial charge in [-0.3, -0.25) is 0 Å². The fraction of sp³-hybridized carbons (Fsp3) is 0.667. The van der Waals surface area contributed by atoms with Crippen LogP contribution in [-0.4, -0.2) is 29.3 Å². The lowest BCUT2D eigenvalue weighted by Gasteiger charge is -2.20. The van der Waals surface area contributed by atoms with Crippen molar-refractivity contribution < 1.29 is 9.53 Å². The molecule has 0 spiro atoms. The molecular weight excluding hydrogens is 250 g/mol. The molecule has 1 atom stereocenters. The van der Waals surface area contributed by atoms with Gasteiger partial charge in [0.25, 0.3) is 0 Å². The minimum atomic E-state index is -0.484. The average molecular weight is 271 g/mol. The zero-order valence-corrected chi connectivity index (χ0v) is 12.1. The SMILES string of the molecule is Cc1ncsc1CC(N)CNC(=O)OC(C)(C)C. The second-order valence-electron chi connectivity index (χ2n) is 5.21. The van der Waals surface area contributed by atoms with E-state index in [1.165, 1.54) is 0 Å². The topological polar surface area (TPSA) is 77.2 Å². The smallest absolute Gasteiger partial charge is 0.407 e. The highest BCUT2D eigenvalue weighted by Crippen LogP contribution is 2.13. The number of nitrogens with one attached hydrogen (secondary N) is 1. The van der Waals surface area contributed by atoms with Gasteiger partial charge < -0.3 is 15.8 Å². The van der Waals surface area contributed by atoms with Crippen LogP contribution in [-0.2, 0) is 11.2 Å². The second-order valence-corrected chi connectivity index (χ2v) is 6.15. The van der Waals surface area contributed by atoms with Crippen LogP contribution in [0.1, 0.15) is 31.3 Å². The maximum absolute atomic E-state index is 11.4. The van der Waals surface area contributed by atoms with E-state index < -0.39 is 11.7 Å². The first-order chi connectivity index (χ1) is 8.28. The maximum Gasteiger partial charge on any atom is 0.407 e. The number of thiazole rings is 1. The Morgan fingerprint density at radius 1 is 1.61 bits per heavy atom. The number of ether oxygens (including phenoxy) is 1. The highest BCUT2D eigenvalue weighted by molar-refractivity contribution is 7.09. The van der Waals surface area contributed by atoms with Crippen molar-refractivity contribution in [2.75, 3.05) is 6.54 Å². The maximum atomic E-state index is 11.4. The summed E-state index contributed by atoms with van der Waals surface area (Å²) in [5.41, 5.74) is 8.28. The highest BCUT2D eigenvalue weighted by atomic mass is 32.1. The first kappa shape index (κ1) is 14.9. The van der Waals surface area contributed by atoms with Gasteiger partial charge in [-0.2, -0.15) is 0 Å². The Hall–Kier alpha value is -1.14. The van der Waals surface area contributed by atoms with E-state index in [4.69, 9.17) is 10.5 Å². The Morgan fingerprint density at radius 2 is 2.28 bits per heavy atom. The molecule has 0 fully saturated rings. The molecule has 1 aromatic rings. The number of alkyl carbamates (subject to hydrolysis) is 1. The van der Waals surface area contributed by atoms with E-state index in [0.717, 1.165) is 10.6 Å². The number of rotatable bonds is 4. The van der Waals surface area contributed by atoms with Gasteiger partial charge in [-0.15, -0.1) is 11.3 Å². The number of hydrogen-bond acceptors (Lipinski definition) is 5. The zero-order valence-electron chi connectivity index (χ0n) is 11.3. The van der Waals surface area contributed by atoms with E-state index in [1.54, 1.807) is 16.8 Å². The molecule has 0 aliphatic heterocycles. The molecule has 0 aliphatic rings. The van der Waals surface area contributed by atoms with Crippen LogP contribution in [0, 0.1) is 6.92 Å². The molecular formula is C12H21N3O2S. The van der Waals surface area contributed by atoms with Gasteiger partial charge in [0.15, 0.2) is 0 Å². The lowest BCUT2D eigenvalue weighted by Crippen LogP contribution is -2.41. The molecule has 0 aliphatic carbocycles. The van der Waals surface area contributed by atoms with Crippen molar-refractivity contribution in [2.24, 2.45) is 5.73 Å². The van der Waals surface area contributed by atoms with E-state index in [1.807, 2.05) is 27.7 Å². The van der Waals surface area contributed by atoms with Crippen molar-refractivity contribution in [2.45, 2.75) is 45.8 Å². The van der Waals surface area contributed by atoms with Crippen molar-refractivity contribution in [1.82, 2.24) is 10.3 Å². The third kappa shape index (κ3) is 5.46. The molecule has 0 saturated carbocycles. The molecule has 18 heavy (non-hydrogen) atoms. The van der Waals surface area contributed by atoms with E-state index >= 15 is 0 Å². The lowest BCUT2D eigenvalue weighted by molar-refractivity contribution is 0.0524. The molecule has 0 saturated heterocycles. The fourth-order valence-corrected chi connectivity index (χ4v) is 2.23. The van der Waals surface area contributed by atoms with Crippen molar-refractivity contribution in [3.05, 3.63) is 16.1 Å². The summed E-state index contributed by atoms with van der Waals surface area (Å²) in [6.07, 6.45) is 0.283. The number of carbonyl (C=O) groups is 1. The van der Waals surface area contributed by atoms with E-state index in [9.17, 15) is 4.79 Å². The Labute approximate surface area is 112 Å². The lowest BCUT2D eigenvalue weighted by atomic mass is 10.2. The largest absolute Gasteiger partial charge is 0.444 e. The van der Waals surface area contributed by atoms with Crippen molar-refractivity contribution >= 4 is 17.4 Å². The molecule has 1 amide bonds. The molecule has 5 nitrogen and oxygen atoms in total. The van der Waals surface area contributed by atoms with E-state index in [2.05, 4.69) is 10.3 Å². The molecule has 1 aromatic heterocycles. The third-order valence-corrected chi connectivity index (χ3v) is 3.16. The number of carbonyl (C=O) groups excluding carboxylic acids is 1. The molecule has 1 rings (SSSR count). The van der Waals surface area contributed by atoms with Crippen molar-refractivity contribution in [3.8, 4) is 0 Å². The van der Waals surface area contributed by atoms with Gasteiger partial charge in [0.1, 0.15) is 5.60 Å². The molecule has 0 bridgehead atoms. The summed E-state index contributed by atoms with van der Waals surface area (Å²) in [4.78, 5) is 16.8. The Balaban J connectivity index is 2.31. The van der Waals surface area contributed by atoms with Gasteiger partial charge in [0.05, 0.1) is 11.2 Å². The summed E-state index contributed by atoms with van der Waals surface area (Å²) >= 11 is 1.59. The number of amides is 1. The predicted octanol–water partition coefficient (Wildman–Crippen LogP) is 1.85. The second kappa shape index (κ2) is 6.15. The summed E-state index contributed by atoms with van der Waals surface area (Å²) < 4.78 is 5.13. The third-order valence-electron chi connectivity index (χ3n) is 2.20. The minimum absolute atomic E-state index is 0.128. The number of aryl methyl sites for hydroxylation is 1. The van der Waals surface area contributed by atoms with Crippen LogP contribution in [0.5, 0.6) is 0 Å². The van der Waals surface area contributed by atoms with Crippen LogP contribution < -0.4 is 11.1 Å². The molecule has 0 radical (unpaired) electrons. The van der Waals surface area contributed by atoms with Gasteiger partial charge in [0.2, 0.25) is 0 Å². The van der Waals surface area contributed by atoms with Gasteiger partial charge in [0, 0.05) is 23.9 Å². The van der Waals surface area contributed by atoms with Gasteiger partial charge in [-0.05, 0) is 27.7 Å². The van der Waals surface area contributed by atoms with Crippen LogP contribution in [0.15, 0.2) is 5.51 Å².